The Balaban J connectivity index is 1.90. The normalized spacial score (nSPS) is 10.1. The van der Waals surface area contributed by atoms with Crippen LogP contribution in [0, 0.1) is 6.92 Å². The second kappa shape index (κ2) is 7.91. The van der Waals surface area contributed by atoms with Gasteiger partial charge in [-0.15, -0.1) is 0 Å². The number of imide groups is 1. The monoisotopic (exact) mass is 330 g/mol. The summed E-state index contributed by atoms with van der Waals surface area (Å²) in [6, 6.07) is 7.87. The van der Waals surface area contributed by atoms with E-state index in [0.717, 1.165) is 11.4 Å². The van der Waals surface area contributed by atoms with E-state index < -0.39 is 24.5 Å². The topological polar surface area (TPSA) is 102 Å². The van der Waals surface area contributed by atoms with Crippen molar-refractivity contribution in [3.63, 3.8) is 0 Å². The summed E-state index contributed by atoms with van der Waals surface area (Å²) in [6.07, 6.45) is 1.69. The standard InChI is InChI=1S/C16H18N4O4/c1-3-17-16(23)19-14(21)10-24-15(22)12-4-6-13(7-5-12)20-11(2)8-9-18-20/h4-9H,3,10H2,1-2H3,(H2,17,19,21,23). The van der Waals surface area contributed by atoms with Gasteiger partial charge in [0.25, 0.3) is 5.91 Å². The SMILES string of the molecule is CCNC(=O)NC(=O)COC(=O)c1ccc(-n2nccc2C)cc1. The van der Waals surface area contributed by atoms with E-state index in [-0.39, 0.29) is 0 Å². The molecule has 0 saturated heterocycles. The molecular formula is C16H18N4O4. The quantitative estimate of drug-likeness (QED) is 0.802. The van der Waals surface area contributed by atoms with E-state index in [1.807, 2.05) is 18.3 Å². The highest BCUT2D eigenvalue weighted by Crippen LogP contribution is 2.12. The lowest BCUT2D eigenvalue weighted by Crippen LogP contribution is -2.41. The lowest BCUT2D eigenvalue weighted by atomic mass is 10.2. The predicted octanol–water partition coefficient (Wildman–Crippen LogP) is 1.18. The van der Waals surface area contributed by atoms with Crippen LogP contribution in [-0.2, 0) is 9.53 Å². The second-order valence-corrected chi connectivity index (χ2v) is 4.92. The van der Waals surface area contributed by atoms with Crippen molar-refractivity contribution < 1.29 is 19.1 Å². The molecule has 0 fully saturated rings. The average Bonchev–Trinajstić information content (AvgIpc) is 2.99. The number of nitrogens with one attached hydrogen (secondary N) is 2. The van der Waals surface area contributed by atoms with Crippen LogP contribution in [0.1, 0.15) is 23.0 Å². The molecule has 2 aromatic rings. The van der Waals surface area contributed by atoms with E-state index in [4.69, 9.17) is 4.74 Å². The maximum Gasteiger partial charge on any atom is 0.338 e. The minimum absolute atomic E-state index is 0.300. The summed E-state index contributed by atoms with van der Waals surface area (Å²) in [4.78, 5) is 34.5. The highest BCUT2D eigenvalue weighted by Gasteiger charge is 2.12. The maximum absolute atomic E-state index is 11.9. The molecule has 0 aliphatic carbocycles. The number of carbonyl (C=O) groups excluding carboxylic acids is 3. The van der Waals surface area contributed by atoms with Crippen LogP contribution >= 0.6 is 0 Å². The van der Waals surface area contributed by atoms with Crippen molar-refractivity contribution in [3.05, 3.63) is 47.8 Å². The highest BCUT2D eigenvalue weighted by atomic mass is 16.5. The predicted molar refractivity (Wildman–Crippen MR) is 85.8 cm³/mol. The zero-order chi connectivity index (χ0) is 17.5. The molecule has 1 aromatic heterocycles. The van der Waals surface area contributed by atoms with Crippen LogP contribution in [0.5, 0.6) is 0 Å². The lowest BCUT2D eigenvalue weighted by Gasteiger charge is -2.07. The van der Waals surface area contributed by atoms with E-state index in [0.29, 0.717) is 12.1 Å². The number of aryl methyl sites for hydroxylation is 1. The van der Waals surface area contributed by atoms with Gasteiger partial charge in [-0.3, -0.25) is 10.1 Å². The molecule has 0 aliphatic rings. The van der Waals surface area contributed by atoms with Gasteiger partial charge < -0.3 is 10.1 Å². The van der Waals surface area contributed by atoms with Crippen molar-refractivity contribution in [1.29, 1.82) is 0 Å². The van der Waals surface area contributed by atoms with Crippen LogP contribution in [0.4, 0.5) is 4.79 Å². The Labute approximate surface area is 138 Å². The molecule has 0 atom stereocenters. The summed E-state index contributed by atoms with van der Waals surface area (Å²) in [5.41, 5.74) is 2.07. The van der Waals surface area contributed by atoms with Gasteiger partial charge in [-0.2, -0.15) is 5.10 Å². The summed E-state index contributed by atoms with van der Waals surface area (Å²) >= 11 is 0. The Morgan fingerprint density at radius 3 is 2.46 bits per heavy atom. The molecular weight excluding hydrogens is 312 g/mol. The number of hydrogen-bond acceptors (Lipinski definition) is 5. The molecule has 1 aromatic carbocycles. The molecule has 0 unspecified atom stereocenters. The van der Waals surface area contributed by atoms with Gasteiger partial charge in [-0.05, 0) is 44.2 Å². The van der Waals surface area contributed by atoms with Gasteiger partial charge in [-0.25, -0.2) is 14.3 Å². The Morgan fingerprint density at radius 2 is 1.88 bits per heavy atom. The van der Waals surface area contributed by atoms with Gasteiger partial charge in [0.15, 0.2) is 6.61 Å². The van der Waals surface area contributed by atoms with Crippen molar-refractivity contribution in [2.45, 2.75) is 13.8 Å². The number of aromatic nitrogens is 2. The molecule has 1 heterocycles. The first-order chi connectivity index (χ1) is 11.5. The molecule has 0 spiro atoms. The zero-order valence-corrected chi connectivity index (χ0v) is 13.4. The molecule has 24 heavy (non-hydrogen) atoms. The summed E-state index contributed by atoms with van der Waals surface area (Å²) in [5.74, 6) is -1.34. The van der Waals surface area contributed by atoms with Crippen LogP contribution in [0.15, 0.2) is 36.5 Å². The Hall–Kier alpha value is -3.16. The number of carbonyl (C=O) groups is 3. The number of esters is 1. The van der Waals surface area contributed by atoms with Gasteiger partial charge in [0.2, 0.25) is 0 Å². The molecule has 0 radical (unpaired) electrons. The Bertz CT molecular complexity index is 737. The molecule has 2 rings (SSSR count). The summed E-state index contributed by atoms with van der Waals surface area (Å²) in [6.45, 7) is 3.50. The molecule has 0 bridgehead atoms. The number of urea groups is 1. The van der Waals surface area contributed by atoms with Gasteiger partial charge in [0, 0.05) is 18.4 Å². The summed E-state index contributed by atoms with van der Waals surface area (Å²) in [5, 5.41) is 8.62. The van der Waals surface area contributed by atoms with Crippen molar-refractivity contribution in [1.82, 2.24) is 20.4 Å². The molecule has 0 aliphatic heterocycles. The van der Waals surface area contributed by atoms with E-state index in [1.165, 1.54) is 0 Å². The number of benzene rings is 1. The molecule has 3 amide bonds. The van der Waals surface area contributed by atoms with Crippen LogP contribution in [0.2, 0.25) is 0 Å². The van der Waals surface area contributed by atoms with E-state index in [9.17, 15) is 14.4 Å². The van der Waals surface area contributed by atoms with E-state index in [1.54, 1.807) is 42.1 Å². The van der Waals surface area contributed by atoms with E-state index in [2.05, 4.69) is 10.4 Å². The molecule has 8 heteroatoms. The first kappa shape index (κ1) is 17.2. The van der Waals surface area contributed by atoms with Crippen molar-refractivity contribution in [2.24, 2.45) is 0 Å². The van der Waals surface area contributed by atoms with Crippen LogP contribution in [0.25, 0.3) is 5.69 Å². The fraction of sp³-hybridized carbons (Fsp3) is 0.250. The highest BCUT2D eigenvalue weighted by molar-refractivity contribution is 5.97. The first-order valence-electron chi connectivity index (χ1n) is 7.37. The number of amides is 3. The Kier molecular flexibility index (Phi) is 5.67. The summed E-state index contributed by atoms with van der Waals surface area (Å²) in [7, 11) is 0. The molecule has 8 nitrogen and oxygen atoms in total. The molecule has 126 valence electrons. The smallest absolute Gasteiger partial charge is 0.338 e. The minimum Gasteiger partial charge on any atom is -0.452 e. The van der Waals surface area contributed by atoms with Gasteiger partial charge in [0.1, 0.15) is 0 Å². The third kappa shape index (κ3) is 4.42. The summed E-state index contributed by atoms with van der Waals surface area (Å²) < 4.78 is 6.60. The van der Waals surface area contributed by atoms with E-state index >= 15 is 0 Å². The maximum atomic E-state index is 11.9. The number of rotatable bonds is 5. The third-order valence-electron chi connectivity index (χ3n) is 3.10. The van der Waals surface area contributed by atoms with Crippen molar-refractivity contribution in [3.8, 4) is 5.69 Å². The lowest BCUT2D eigenvalue weighted by molar-refractivity contribution is -0.123. The third-order valence-corrected chi connectivity index (χ3v) is 3.10. The number of nitrogens with zero attached hydrogens (tertiary/aromatic N) is 2. The van der Waals surface area contributed by atoms with Gasteiger partial charge >= 0.3 is 12.0 Å². The fourth-order valence-electron chi connectivity index (χ4n) is 1.96. The largest absolute Gasteiger partial charge is 0.452 e. The first-order valence-corrected chi connectivity index (χ1v) is 7.37. The van der Waals surface area contributed by atoms with Crippen molar-refractivity contribution in [2.75, 3.05) is 13.2 Å². The Morgan fingerprint density at radius 1 is 1.17 bits per heavy atom. The molecule has 0 saturated carbocycles. The van der Waals surface area contributed by atoms with Crippen molar-refractivity contribution >= 4 is 17.9 Å². The second-order valence-electron chi connectivity index (χ2n) is 4.92. The average molecular weight is 330 g/mol. The fourth-order valence-corrected chi connectivity index (χ4v) is 1.96. The number of hydrogen-bond donors (Lipinski definition) is 2. The van der Waals surface area contributed by atoms with Crippen LogP contribution in [-0.4, -0.2) is 40.8 Å². The minimum atomic E-state index is -0.696. The zero-order valence-electron chi connectivity index (χ0n) is 13.4. The van der Waals surface area contributed by atoms with Crippen LogP contribution in [0.3, 0.4) is 0 Å². The van der Waals surface area contributed by atoms with Crippen LogP contribution < -0.4 is 10.6 Å². The molecule has 2 N–H and O–H groups in total. The van der Waals surface area contributed by atoms with Gasteiger partial charge in [-0.1, -0.05) is 0 Å². The number of ether oxygens (including phenoxy) is 1. The van der Waals surface area contributed by atoms with Gasteiger partial charge in [0.05, 0.1) is 11.3 Å².